The highest BCUT2D eigenvalue weighted by atomic mass is 35.5. The monoisotopic (exact) mass is 394 g/mol. The summed E-state index contributed by atoms with van der Waals surface area (Å²) in [5.74, 6) is 0.562. The van der Waals surface area contributed by atoms with Crippen molar-refractivity contribution in [1.82, 2.24) is 0 Å². The summed E-state index contributed by atoms with van der Waals surface area (Å²) in [6.07, 6.45) is -0.297. The molecule has 0 aromatic heterocycles. The topological polar surface area (TPSA) is 67.4 Å². The third kappa shape index (κ3) is 5.59. The van der Waals surface area contributed by atoms with E-state index in [1.54, 1.807) is 42.5 Å². The molecule has 0 fully saturated rings. The number of rotatable bonds is 6. The lowest BCUT2D eigenvalue weighted by molar-refractivity contribution is -0.123. The summed E-state index contributed by atoms with van der Waals surface area (Å²) in [6, 6.07) is 21.5. The molecule has 0 saturated heterocycles. The highest BCUT2D eigenvalue weighted by molar-refractivity contribution is 6.31. The number of halogens is 1. The third-order valence-corrected chi connectivity index (χ3v) is 4.15. The number of hydrogen-bond donors (Lipinski definition) is 2. The average molecular weight is 395 g/mol. The van der Waals surface area contributed by atoms with Crippen molar-refractivity contribution in [2.24, 2.45) is 0 Å². The van der Waals surface area contributed by atoms with Gasteiger partial charge in [-0.05, 0) is 61.0 Å². The largest absolute Gasteiger partial charge is 0.457 e. The van der Waals surface area contributed by atoms with E-state index in [2.05, 4.69) is 10.6 Å². The lowest BCUT2D eigenvalue weighted by Crippen LogP contribution is -2.21. The number of carbonyl (C=O) groups is 2. The number of anilines is 2. The van der Waals surface area contributed by atoms with Crippen LogP contribution in [0.3, 0.4) is 0 Å². The average Bonchev–Trinajstić information content (AvgIpc) is 2.67. The Bertz CT molecular complexity index is 973. The molecule has 0 aliphatic carbocycles. The first kappa shape index (κ1) is 19.5. The molecule has 0 spiro atoms. The Balaban J connectivity index is 1.53. The minimum atomic E-state index is -0.410. The third-order valence-electron chi connectivity index (χ3n) is 3.91. The van der Waals surface area contributed by atoms with E-state index >= 15 is 0 Å². The molecule has 0 unspecified atom stereocenters. The predicted octanol–water partition coefficient (Wildman–Crippen LogP) is 5.41. The zero-order valence-corrected chi connectivity index (χ0v) is 16.0. The Morgan fingerprint density at radius 2 is 1.50 bits per heavy atom. The molecule has 0 bridgehead atoms. The fourth-order valence-corrected chi connectivity index (χ4v) is 2.68. The van der Waals surface area contributed by atoms with Crippen LogP contribution in [0.15, 0.2) is 72.8 Å². The Kier molecular flexibility index (Phi) is 6.29. The quantitative estimate of drug-likeness (QED) is 0.549. The second kappa shape index (κ2) is 9.06. The van der Waals surface area contributed by atoms with Crippen LogP contribution in [0.4, 0.5) is 11.4 Å². The molecule has 0 atom stereocenters. The normalized spacial score (nSPS) is 10.2. The van der Waals surface area contributed by atoms with Crippen LogP contribution < -0.4 is 15.4 Å². The molecule has 3 aromatic rings. The van der Waals surface area contributed by atoms with Crippen LogP contribution in [-0.2, 0) is 9.59 Å². The molecule has 0 heterocycles. The first-order valence-electron chi connectivity index (χ1n) is 8.68. The zero-order chi connectivity index (χ0) is 19.9. The Hall–Kier alpha value is -3.31. The van der Waals surface area contributed by atoms with Crippen molar-refractivity contribution >= 4 is 34.8 Å². The van der Waals surface area contributed by atoms with E-state index in [-0.39, 0.29) is 6.42 Å². The van der Waals surface area contributed by atoms with E-state index < -0.39 is 11.8 Å². The molecule has 2 amide bonds. The predicted molar refractivity (Wildman–Crippen MR) is 111 cm³/mol. The van der Waals surface area contributed by atoms with Gasteiger partial charge in [0.15, 0.2) is 0 Å². The molecule has 3 aromatic carbocycles. The van der Waals surface area contributed by atoms with E-state index in [4.69, 9.17) is 16.3 Å². The molecule has 3 rings (SSSR count). The summed E-state index contributed by atoms with van der Waals surface area (Å²) < 4.78 is 5.70. The SMILES string of the molecule is Cc1ccc(Cl)cc1NC(=O)CC(=O)Nc1ccc(Oc2ccccc2)cc1. The van der Waals surface area contributed by atoms with Crippen LogP contribution in [0.2, 0.25) is 5.02 Å². The van der Waals surface area contributed by atoms with Crippen molar-refractivity contribution < 1.29 is 14.3 Å². The second-order valence-electron chi connectivity index (χ2n) is 6.17. The first-order chi connectivity index (χ1) is 13.5. The molecule has 28 heavy (non-hydrogen) atoms. The highest BCUT2D eigenvalue weighted by Gasteiger charge is 2.11. The lowest BCUT2D eigenvalue weighted by Gasteiger charge is -2.10. The van der Waals surface area contributed by atoms with Crippen molar-refractivity contribution in [2.45, 2.75) is 13.3 Å². The molecule has 142 valence electrons. The summed E-state index contributed by atoms with van der Waals surface area (Å²) in [5.41, 5.74) is 2.04. The van der Waals surface area contributed by atoms with Crippen molar-refractivity contribution in [2.75, 3.05) is 10.6 Å². The lowest BCUT2D eigenvalue weighted by atomic mass is 10.2. The summed E-state index contributed by atoms with van der Waals surface area (Å²) in [5, 5.41) is 5.91. The smallest absolute Gasteiger partial charge is 0.233 e. The minimum Gasteiger partial charge on any atom is -0.457 e. The summed E-state index contributed by atoms with van der Waals surface area (Å²) in [7, 11) is 0. The molecule has 2 N–H and O–H groups in total. The number of carbonyl (C=O) groups excluding carboxylic acids is 2. The van der Waals surface area contributed by atoms with Crippen LogP contribution in [0.1, 0.15) is 12.0 Å². The first-order valence-corrected chi connectivity index (χ1v) is 9.06. The van der Waals surface area contributed by atoms with Gasteiger partial charge in [0.05, 0.1) is 0 Å². The molecular weight excluding hydrogens is 376 g/mol. The van der Waals surface area contributed by atoms with Gasteiger partial charge in [-0.15, -0.1) is 0 Å². The summed E-state index contributed by atoms with van der Waals surface area (Å²) >= 11 is 5.94. The van der Waals surface area contributed by atoms with Gasteiger partial charge in [-0.3, -0.25) is 9.59 Å². The number of hydrogen-bond acceptors (Lipinski definition) is 3. The number of amides is 2. The van der Waals surface area contributed by atoms with Crippen molar-refractivity contribution in [3.8, 4) is 11.5 Å². The molecule has 0 aliphatic rings. The molecule has 6 heteroatoms. The molecular formula is C22H19ClN2O3. The van der Waals surface area contributed by atoms with Gasteiger partial charge >= 0.3 is 0 Å². The second-order valence-corrected chi connectivity index (χ2v) is 6.61. The van der Waals surface area contributed by atoms with Gasteiger partial charge in [0.1, 0.15) is 17.9 Å². The zero-order valence-electron chi connectivity index (χ0n) is 15.2. The Morgan fingerprint density at radius 3 is 2.21 bits per heavy atom. The molecule has 0 radical (unpaired) electrons. The van der Waals surface area contributed by atoms with Gasteiger partial charge in [0, 0.05) is 16.4 Å². The van der Waals surface area contributed by atoms with E-state index in [1.165, 1.54) is 0 Å². The maximum atomic E-state index is 12.1. The van der Waals surface area contributed by atoms with Crippen LogP contribution >= 0.6 is 11.6 Å². The molecule has 0 aliphatic heterocycles. The number of aryl methyl sites for hydroxylation is 1. The van der Waals surface area contributed by atoms with Crippen LogP contribution in [-0.4, -0.2) is 11.8 Å². The van der Waals surface area contributed by atoms with Gasteiger partial charge in [0.2, 0.25) is 11.8 Å². The number of benzene rings is 3. The number of nitrogens with one attached hydrogen (secondary N) is 2. The van der Waals surface area contributed by atoms with Gasteiger partial charge < -0.3 is 15.4 Å². The van der Waals surface area contributed by atoms with Crippen molar-refractivity contribution in [3.63, 3.8) is 0 Å². The number of ether oxygens (including phenoxy) is 1. The van der Waals surface area contributed by atoms with Gasteiger partial charge in [0.25, 0.3) is 0 Å². The summed E-state index contributed by atoms with van der Waals surface area (Å²) in [4.78, 5) is 24.2. The van der Waals surface area contributed by atoms with Crippen LogP contribution in [0, 0.1) is 6.92 Å². The van der Waals surface area contributed by atoms with Gasteiger partial charge in [-0.2, -0.15) is 0 Å². The fourth-order valence-electron chi connectivity index (χ4n) is 2.51. The Labute approximate surface area is 168 Å². The van der Waals surface area contributed by atoms with Crippen molar-refractivity contribution in [1.29, 1.82) is 0 Å². The Morgan fingerprint density at radius 1 is 0.857 bits per heavy atom. The highest BCUT2D eigenvalue weighted by Crippen LogP contribution is 2.23. The van der Waals surface area contributed by atoms with Gasteiger partial charge in [-0.25, -0.2) is 0 Å². The van der Waals surface area contributed by atoms with Crippen LogP contribution in [0.25, 0.3) is 0 Å². The minimum absolute atomic E-state index is 0.297. The standard InChI is InChI=1S/C22H19ClN2O3/c1-15-7-8-16(23)13-20(15)25-22(27)14-21(26)24-17-9-11-19(12-10-17)28-18-5-3-2-4-6-18/h2-13H,14H2,1H3,(H,24,26)(H,25,27). The van der Waals surface area contributed by atoms with E-state index in [1.807, 2.05) is 37.3 Å². The van der Waals surface area contributed by atoms with E-state index in [0.717, 1.165) is 11.3 Å². The van der Waals surface area contributed by atoms with Gasteiger partial charge in [-0.1, -0.05) is 35.9 Å². The molecule has 5 nitrogen and oxygen atoms in total. The van der Waals surface area contributed by atoms with Crippen LogP contribution in [0.5, 0.6) is 11.5 Å². The van der Waals surface area contributed by atoms with E-state index in [0.29, 0.717) is 22.1 Å². The summed E-state index contributed by atoms with van der Waals surface area (Å²) in [6.45, 7) is 1.85. The maximum Gasteiger partial charge on any atom is 0.233 e. The fraction of sp³-hybridized carbons (Fsp3) is 0.0909. The maximum absolute atomic E-state index is 12.1. The molecule has 0 saturated carbocycles. The van der Waals surface area contributed by atoms with E-state index in [9.17, 15) is 9.59 Å². The number of para-hydroxylation sites is 1. The van der Waals surface area contributed by atoms with Crippen molar-refractivity contribution in [3.05, 3.63) is 83.4 Å².